The van der Waals surface area contributed by atoms with Crippen molar-refractivity contribution in [1.29, 1.82) is 0 Å². The van der Waals surface area contributed by atoms with Gasteiger partial charge in [-0.1, -0.05) is 50.2 Å². The summed E-state index contributed by atoms with van der Waals surface area (Å²) >= 11 is -0.106. The van der Waals surface area contributed by atoms with Gasteiger partial charge in [0.15, 0.2) is 0 Å². The molecule has 19 heavy (non-hydrogen) atoms. The fraction of sp³-hybridized carbons (Fsp3) is 0.200. The van der Waals surface area contributed by atoms with Crippen LogP contribution in [0.5, 0.6) is 11.5 Å². The van der Waals surface area contributed by atoms with Crippen LogP contribution in [0.15, 0.2) is 48.5 Å². The number of halogens is 2. The fourth-order valence-electron chi connectivity index (χ4n) is 2.41. The van der Waals surface area contributed by atoms with Crippen LogP contribution in [-0.2, 0) is 21.4 Å². The predicted molar refractivity (Wildman–Crippen MR) is 76.8 cm³/mol. The molecule has 0 aliphatic carbocycles. The molecule has 0 unspecified atom stereocenters. The molecule has 2 aromatic rings. The Morgan fingerprint density at radius 3 is 1.63 bits per heavy atom. The van der Waals surface area contributed by atoms with E-state index in [0.717, 1.165) is 11.5 Å². The van der Waals surface area contributed by atoms with Gasteiger partial charge in [0.25, 0.3) is 0 Å². The summed E-state index contributed by atoms with van der Waals surface area (Å²) in [4.78, 5) is 0. The van der Waals surface area contributed by atoms with E-state index in [9.17, 15) is 0 Å². The third-order valence-electron chi connectivity index (χ3n) is 3.34. The first kappa shape index (κ1) is 14.9. The minimum absolute atomic E-state index is 0.0193. The number of rotatable bonds is 0. The number of hydrogen-bond donors (Lipinski definition) is 0. The molecule has 0 radical (unpaired) electrons. The molecule has 0 bridgehead atoms. The first-order valence-electron chi connectivity index (χ1n) is 5.80. The van der Waals surface area contributed by atoms with Gasteiger partial charge in [-0.15, -0.1) is 0 Å². The quantitative estimate of drug-likeness (QED) is 0.543. The molecule has 0 N–H and O–H groups in total. The molecular formula is C15H14Cl2OPd. The third kappa shape index (κ3) is 2.98. The zero-order valence-electron chi connectivity index (χ0n) is 10.6. The Morgan fingerprint density at radius 2 is 1.21 bits per heavy atom. The number of benzene rings is 2. The van der Waals surface area contributed by atoms with Crippen molar-refractivity contribution in [3.8, 4) is 11.5 Å². The number of fused-ring (bicyclic) bond motifs is 2. The minimum atomic E-state index is -0.106. The summed E-state index contributed by atoms with van der Waals surface area (Å²) in [5.41, 5.74) is 2.54. The average Bonchev–Trinajstić information content (AvgIpc) is 2.40. The standard InChI is InChI=1S/C15H14O.2ClH.Pd/c1-15(2)11-7-3-5-9-13(11)16-14-10-6-4-8-12(14)15;;;/h3-10H,1-2H3;2*1H;/q;;;+2/p-2. The molecule has 0 spiro atoms. The second-order valence-electron chi connectivity index (χ2n) is 4.76. The summed E-state index contributed by atoms with van der Waals surface area (Å²) in [5, 5.41) is 0. The van der Waals surface area contributed by atoms with Gasteiger partial charge in [0.1, 0.15) is 11.5 Å². The van der Waals surface area contributed by atoms with Crippen molar-refractivity contribution in [1.82, 2.24) is 0 Å². The van der Waals surface area contributed by atoms with E-state index in [4.69, 9.17) is 23.8 Å². The van der Waals surface area contributed by atoms with Gasteiger partial charge in [-0.25, -0.2) is 0 Å². The summed E-state index contributed by atoms with van der Waals surface area (Å²) in [5.74, 6) is 1.96. The Kier molecular flexibility index (Phi) is 4.93. The summed E-state index contributed by atoms with van der Waals surface area (Å²) < 4.78 is 5.91. The normalized spacial score (nSPS) is 14.5. The molecule has 0 saturated heterocycles. The van der Waals surface area contributed by atoms with Gasteiger partial charge in [0.05, 0.1) is 0 Å². The van der Waals surface area contributed by atoms with E-state index in [0.29, 0.717) is 0 Å². The van der Waals surface area contributed by atoms with E-state index in [1.807, 2.05) is 24.3 Å². The van der Waals surface area contributed by atoms with Crippen molar-refractivity contribution in [2.45, 2.75) is 19.3 Å². The van der Waals surface area contributed by atoms with E-state index in [1.54, 1.807) is 0 Å². The Hall–Kier alpha value is -0.518. The molecule has 0 saturated carbocycles. The second kappa shape index (κ2) is 6.29. The Balaban J connectivity index is 0.000000408. The molecular weight excluding hydrogens is 373 g/mol. The molecule has 3 rings (SSSR count). The van der Waals surface area contributed by atoms with Gasteiger partial charge >= 0.3 is 35.0 Å². The summed E-state index contributed by atoms with van der Waals surface area (Å²) in [6, 6.07) is 16.5. The molecule has 4 heteroatoms. The zero-order valence-corrected chi connectivity index (χ0v) is 13.7. The molecule has 2 aromatic carbocycles. The summed E-state index contributed by atoms with van der Waals surface area (Å²) in [6.07, 6.45) is 0. The van der Waals surface area contributed by atoms with Crippen LogP contribution in [0, 0.1) is 0 Å². The van der Waals surface area contributed by atoms with Crippen LogP contribution in [0.1, 0.15) is 25.0 Å². The van der Waals surface area contributed by atoms with Crippen LogP contribution in [0.2, 0.25) is 0 Å². The fourth-order valence-corrected chi connectivity index (χ4v) is 2.41. The van der Waals surface area contributed by atoms with Gasteiger partial charge in [-0.3, -0.25) is 0 Å². The number of hydrogen-bond acceptors (Lipinski definition) is 1. The van der Waals surface area contributed by atoms with Crippen molar-refractivity contribution >= 4 is 19.1 Å². The Bertz CT molecular complexity index is 522. The monoisotopic (exact) mass is 386 g/mol. The van der Waals surface area contributed by atoms with Gasteiger partial charge in [0, 0.05) is 16.5 Å². The molecule has 0 atom stereocenters. The van der Waals surface area contributed by atoms with Gasteiger partial charge in [0.2, 0.25) is 0 Å². The van der Waals surface area contributed by atoms with Crippen LogP contribution < -0.4 is 4.74 Å². The first-order valence-corrected chi connectivity index (χ1v) is 9.81. The molecule has 0 aromatic heterocycles. The van der Waals surface area contributed by atoms with Crippen LogP contribution >= 0.6 is 19.1 Å². The molecule has 0 fully saturated rings. The van der Waals surface area contributed by atoms with E-state index < -0.39 is 0 Å². The molecule has 104 valence electrons. The van der Waals surface area contributed by atoms with Crippen LogP contribution in [0.3, 0.4) is 0 Å². The number of ether oxygens (including phenoxy) is 1. The maximum absolute atomic E-state index is 5.91. The Labute approximate surface area is 130 Å². The first-order chi connectivity index (χ1) is 9.11. The van der Waals surface area contributed by atoms with Crippen molar-refractivity contribution in [3.63, 3.8) is 0 Å². The van der Waals surface area contributed by atoms with Gasteiger partial charge in [-0.05, 0) is 12.1 Å². The summed E-state index contributed by atoms with van der Waals surface area (Å²) in [7, 11) is 9.63. The molecule has 1 nitrogen and oxygen atoms in total. The predicted octanol–water partition coefficient (Wildman–Crippen LogP) is 5.49. The van der Waals surface area contributed by atoms with Crippen LogP contribution in [0.25, 0.3) is 0 Å². The van der Waals surface area contributed by atoms with Crippen LogP contribution in [-0.4, -0.2) is 0 Å². The Morgan fingerprint density at radius 1 is 0.842 bits per heavy atom. The zero-order chi connectivity index (χ0) is 13.9. The van der Waals surface area contributed by atoms with Crippen molar-refractivity contribution in [2.24, 2.45) is 0 Å². The van der Waals surface area contributed by atoms with Crippen LogP contribution in [0.4, 0.5) is 0 Å². The van der Waals surface area contributed by atoms with E-state index in [-0.39, 0.29) is 21.4 Å². The topological polar surface area (TPSA) is 9.23 Å². The van der Waals surface area contributed by atoms with Crippen molar-refractivity contribution in [3.05, 3.63) is 59.7 Å². The molecule has 1 heterocycles. The average molecular weight is 388 g/mol. The van der Waals surface area contributed by atoms with Crippen molar-refractivity contribution < 1.29 is 20.7 Å². The summed E-state index contributed by atoms with van der Waals surface area (Å²) in [6.45, 7) is 4.49. The molecule has 0 amide bonds. The third-order valence-corrected chi connectivity index (χ3v) is 3.34. The maximum atomic E-state index is 5.91. The SMILES string of the molecule is CC1(C)c2ccccc2Oc2ccccc21.[Cl][Pd][Cl]. The molecule has 1 aliphatic heterocycles. The van der Waals surface area contributed by atoms with Gasteiger partial charge < -0.3 is 4.74 Å². The van der Waals surface area contributed by atoms with E-state index >= 15 is 0 Å². The van der Waals surface area contributed by atoms with E-state index in [2.05, 4.69) is 38.1 Å². The second-order valence-corrected chi connectivity index (χ2v) is 7.12. The van der Waals surface area contributed by atoms with E-state index in [1.165, 1.54) is 11.1 Å². The van der Waals surface area contributed by atoms with Gasteiger partial charge in [-0.2, -0.15) is 0 Å². The molecule has 1 aliphatic rings. The van der Waals surface area contributed by atoms with Crippen molar-refractivity contribution in [2.75, 3.05) is 0 Å². The number of para-hydroxylation sites is 2.